The van der Waals surface area contributed by atoms with Gasteiger partial charge in [0.2, 0.25) is 0 Å². The highest BCUT2D eigenvalue weighted by atomic mass is 32.1. The van der Waals surface area contributed by atoms with Crippen molar-refractivity contribution in [2.45, 2.75) is 13.8 Å². The first-order chi connectivity index (χ1) is 10.9. The number of hydrogen-bond acceptors (Lipinski definition) is 7. The van der Waals surface area contributed by atoms with Gasteiger partial charge in [-0.2, -0.15) is 0 Å². The molecule has 1 amide bonds. The van der Waals surface area contributed by atoms with Gasteiger partial charge in [0.15, 0.2) is 5.13 Å². The highest BCUT2D eigenvalue weighted by Crippen LogP contribution is 2.25. The number of nitro groups is 1. The zero-order valence-electron chi connectivity index (χ0n) is 12.4. The van der Waals surface area contributed by atoms with E-state index in [0.29, 0.717) is 5.69 Å². The third-order valence-corrected chi connectivity index (χ3v) is 3.88. The van der Waals surface area contributed by atoms with E-state index in [0.717, 1.165) is 11.3 Å². The molecule has 0 aliphatic heterocycles. The molecular formula is C14H13N3O5S. The highest BCUT2D eigenvalue weighted by molar-refractivity contribution is 7.17. The quantitative estimate of drug-likeness (QED) is 0.511. The van der Waals surface area contributed by atoms with E-state index in [1.54, 1.807) is 13.8 Å². The van der Waals surface area contributed by atoms with Gasteiger partial charge in [-0.25, -0.2) is 9.78 Å². The van der Waals surface area contributed by atoms with Gasteiger partial charge in [0, 0.05) is 6.07 Å². The van der Waals surface area contributed by atoms with E-state index in [4.69, 9.17) is 4.74 Å². The van der Waals surface area contributed by atoms with Crippen LogP contribution in [0.5, 0.6) is 0 Å². The summed E-state index contributed by atoms with van der Waals surface area (Å²) < 4.78 is 4.89. The van der Waals surface area contributed by atoms with Crippen molar-refractivity contribution in [3.05, 3.63) is 50.5 Å². The lowest BCUT2D eigenvalue weighted by Crippen LogP contribution is -2.13. The number of para-hydroxylation sites is 1. The molecule has 1 heterocycles. The maximum Gasteiger partial charge on any atom is 0.350 e. The second-order valence-electron chi connectivity index (χ2n) is 4.38. The van der Waals surface area contributed by atoms with Gasteiger partial charge in [-0.05, 0) is 19.9 Å². The summed E-state index contributed by atoms with van der Waals surface area (Å²) in [7, 11) is 0. The molecule has 0 fully saturated rings. The summed E-state index contributed by atoms with van der Waals surface area (Å²) in [4.78, 5) is 38.6. The summed E-state index contributed by atoms with van der Waals surface area (Å²) in [5, 5.41) is 13.6. The van der Waals surface area contributed by atoms with Crippen LogP contribution in [0.2, 0.25) is 0 Å². The second kappa shape index (κ2) is 6.97. The molecule has 23 heavy (non-hydrogen) atoms. The Morgan fingerprint density at radius 2 is 2.09 bits per heavy atom. The van der Waals surface area contributed by atoms with Crippen LogP contribution in [-0.4, -0.2) is 28.4 Å². The van der Waals surface area contributed by atoms with Gasteiger partial charge in [-0.15, -0.1) is 0 Å². The Hall–Kier alpha value is -2.81. The fourth-order valence-electron chi connectivity index (χ4n) is 1.83. The summed E-state index contributed by atoms with van der Waals surface area (Å²) >= 11 is 0.957. The van der Waals surface area contributed by atoms with Gasteiger partial charge in [0.1, 0.15) is 10.4 Å². The number of amides is 1. The van der Waals surface area contributed by atoms with Crippen molar-refractivity contribution < 1.29 is 19.2 Å². The SMILES string of the molecule is CCOC(=O)c1sc(NC(=O)c2ccccc2[N+](=O)[O-])nc1C. The monoisotopic (exact) mass is 335 g/mol. The number of anilines is 1. The van der Waals surface area contributed by atoms with Crippen LogP contribution < -0.4 is 5.32 Å². The van der Waals surface area contributed by atoms with Crippen LogP contribution in [0, 0.1) is 17.0 Å². The lowest BCUT2D eigenvalue weighted by molar-refractivity contribution is -0.385. The van der Waals surface area contributed by atoms with Gasteiger partial charge >= 0.3 is 5.97 Å². The molecular weight excluding hydrogens is 322 g/mol. The molecule has 9 heteroatoms. The average Bonchev–Trinajstić information content (AvgIpc) is 2.88. The normalized spacial score (nSPS) is 10.2. The molecule has 0 atom stereocenters. The molecule has 2 rings (SSSR count). The van der Waals surface area contributed by atoms with Gasteiger partial charge in [-0.3, -0.25) is 20.2 Å². The maximum absolute atomic E-state index is 12.2. The molecule has 8 nitrogen and oxygen atoms in total. The Labute approximate surface area is 135 Å². The van der Waals surface area contributed by atoms with Crippen molar-refractivity contribution in [2.75, 3.05) is 11.9 Å². The van der Waals surface area contributed by atoms with E-state index >= 15 is 0 Å². The van der Waals surface area contributed by atoms with Crippen LogP contribution >= 0.6 is 11.3 Å². The van der Waals surface area contributed by atoms with Crippen LogP contribution in [0.25, 0.3) is 0 Å². The van der Waals surface area contributed by atoms with Crippen LogP contribution in [0.1, 0.15) is 32.6 Å². The van der Waals surface area contributed by atoms with Gasteiger partial charge < -0.3 is 4.74 Å². The fourth-order valence-corrected chi connectivity index (χ4v) is 2.68. The van der Waals surface area contributed by atoms with Crippen LogP contribution in [0.4, 0.5) is 10.8 Å². The summed E-state index contributed by atoms with van der Waals surface area (Å²) in [6, 6.07) is 5.59. The number of esters is 1. The van der Waals surface area contributed by atoms with Crippen molar-refractivity contribution in [3.63, 3.8) is 0 Å². The Bertz CT molecular complexity index is 772. The summed E-state index contributed by atoms with van der Waals surface area (Å²) in [6.07, 6.45) is 0. The van der Waals surface area contributed by atoms with Gasteiger partial charge in [0.25, 0.3) is 11.6 Å². The number of nitrogens with zero attached hydrogens (tertiary/aromatic N) is 2. The van der Waals surface area contributed by atoms with E-state index < -0.39 is 16.8 Å². The Balaban J connectivity index is 2.23. The van der Waals surface area contributed by atoms with Crippen LogP contribution in [0.15, 0.2) is 24.3 Å². The van der Waals surface area contributed by atoms with E-state index in [9.17, 15) is 19.7 Å². The number of hydrogen-bond donors (Lipinski definition) is 1. The van der Waals surface area contributed by atoms with Gasteiger partial charge in [0.05, 0.1) is 17.2 Å². The lowest BCUT2D eigenvalue weighted by atomic mass is 10.1. The molecule has 1 aromatic heterocycles. The number of carbonyl (C=O) groups excluding carboxylic acids is 2. The molecule has 0 aliphatic rings. The number of ether oxygens (including phenoxy) is 1. The minimum Gasteiger partial charge on any atom is -0.462 e. The lowest BCUT2D eigenvalue weighted by Gasteiger charge is -2.02. The number of aromatic nitrogens is 1. The number of rotatable bonds is 5. The predicted molar refractivity (Wildman–Crippen MR) is 83.9 cm³/mol. The molecule has 0 radical (unpaired) electrons. The van der Waals surface area contributed by atoms with Crippen molar-refractivity contribution in [2.24, 2.45) is 0 Å². The van der Waals surface area contributed by atoms with E-state index in [1.807, 2.05) is 0 Å². The molecule has 120 valence electrons. The first-order valence-corrected chi connectivity index (χ1v) is 7.45. The van der Waals surface area contributed by atoms with E-state index in [-0.39, 0.29) is 27.9 Å². The van der Waals surface area contributed by atoms with E-state index in [2.05, 4.69) is 10.3 Å². The number of carbonyl (C=O) groups is 2. The zero-order valence-corrected chi connectivity index (χ0v) is 13.2. The smallest absolute Gasteiger partial charge is 0.350 e. The fraction of sp³-hybridized carbons (Fsp3) is 0.214. The van der Waals surface area contributed by atoms with Crippen LogP contribution in [-0.2, 0) is 4.74 Å². The first-order valence-electron chi connectivity index (χ1n) is 6.63. The number of nitro benzene ring substituents is 1. The predicted octanol–water partition coefficient (Wildman–Crippen LogP) is 2.79. The standard InChI is InChI=1S/C14H13N3O5S/c1-3-22-13(19)11-8(2)15-14(23-11)16-12(18)9-6-4-5-7-10(9)17(20)21/h4-7H,3H2,1-2H3,(H,15,16,18). The largest absolute Gasteiger partial charge is 0.462 e. The third kappa shape index (κ3) is 3.69. The van der Waals surface area contributed by atoms with Crippen molar-refractivity contribution in [1.82, 2.24) is 4.98 Å². The van der Waals surface area contributed by atoms with Crippen molar-refractivity contribution in [1.29, 1.82) is 0 Å². The zero-order chi connectivity index (χ0) is 17.0. The molecule has 1 aromatic carbocycles. The Morgan fingerprint density at radius 1 is 1.39 bits per heavy atom. The molecule has 0 saturated carbocycles. The number of thiazole rings is 1. The molecule has 0 saturated heterocycles. The average molecular weight is 335 g/mol. The second-order valence-corrected chi connectivity index (χ2v) is 5.38. The molecule has 1 N–H and O–H groups in total. The summed E-state index contributed by atoms with van der Waals surface area (Å²) in [5.41, 5.74) is 0.0400. The van der Waals surface area contributed by atoms with Gasteiger partial charge in [-0.1, -0.05) is 23.5 Å². The number of benzene rings is 1. The molecule has 2 aromatic rings. The molecule has 0 unspecified atom stereocenters. The van der Waals surface area contributed by atoms with E-state index in [1.165, 1.54) is 24.3 Å². The van der Waals surface area contributed by atoms with Crippen molar-refractivity contribution in [3.8, 4) is 0 Å². The maximum atomic E-state index is 12.2. The summed E-state index contributed by atoms with van der Waals surface area (Å²) in [6.45, 7) is 3.53. The Kier molecular flexibility index (Phi) is 5.02. The minimum absolute atomic E-state index is 0.0805. The number of nitrogens with one attached hydrogen (secondary N) is 1. The first kappa shape index (κ1) is 16.6. The number of aryl methyl sites for hydroxylation is 1. The summed E-state index contributed by atoms with van der Waals surface area (Å²) in [5.74, 6) is -1.19. The Morgan fingerprint density at radius 3 is 2.74 bits per heavy atom. The van der Waals surface area contributed by atoms with Crippen LogP contribution in [0.3, 0.4) is 0 Å². The molecule has 0 bridgehead atoms. The highest BCUT2D eigenvalue weighted by Gasteiger charge is 2.22. The molecule has 0 spiro atoms. The third-order valence-electron chi connectivity index (χ3n) is 2.82. The van der Waals surface area contributed by atoms with Crippen molar-refractivity contribution >= 4 is 34.0 Å². The minimum atomic E-state index is -0.665. The topological polar surface area (TPSA) is 111 Å². The molecule has 0 aliphatic carbocycles.